The average molecular weight is 482 g/mol. The van der Waals surface area contributed by atoms with Crippen molar-refractivity contribution >= 4 is 48.3 Å². The highest BCUT2D eigenvalue weighted by Gasteiger charge is 2.22. The van der Waals surface area contributed by atoms with Crippen molar-refractivity contribution in [3.63, 3.8) is 0 Å². The highest BCUT2D eigenvalue weighted by molar-refractivity contribution is 7.92. The molecule has 0 bridgehead atoms. The minimum absolute atomic E-state index is 0.257. The van der Waals surface area contributed by atoms with Crippen molar-refractivity contribution in [3.8, 4) is 5.75 Å². The molecule has 0 aliphatic heterocycles. The van der Waals surface area contributed by atoms with Crippen molar-refractivity contribution in [1.82, 2.24) is 4.98 Å². The first-order chi connectivity index (χ1) is 15.7. The molecule has 1 amide bonds. The SMILES string of the molecule is COc1cc(NS(=O)(=O)c2c(C)cc(C)cc2C)cc2sc(NC(=O)c3ccccc3)nc12. The first-order valence-corrected chi connectivity index (χ1v) is 12.4. The van der Waals surface area contributed by atoms with Crippen LogP contribution in [0, 0.1) is 20.8 Å². The molecule has 0 aliphatic carbocycles. The van der Waals surface area contributed by atoms with Crippen LogP contribution >= 0.6 is 11.3 Å². The third-order valence-corrected chi connectivity index (χ3v) is 7.67. The molecule has 1 heterocycles. The van der Waals surface area contributed by atoms with Crippen molar-refractivity contribution in [2.45, 2.75) is 25.7 Å². The summed E-state index contributed by atoms with van der Waals surface area (Å²) in [4.78, 5) is 17.2. The third kappa shape index (κ3) is 4.69. The summed E-state index contributed by atoms with van der Waals surface area (Å²) in [5.41, 5.74) is 3.76. The number of amides is 1. The molecule has 2 N–H and O–H groups in total. The molecule has 0 fully saturated rings. The number of aryl methyl sites for hydroxylation is 3. The van der Waals surface area contributed by atoms with Gasteiger partial charge in [0.1, 0.15) is 11.3 Å². The molecule has 33 heavy (non-hydrogen) atoms. The summed E-state index contributed by atoms with van der Waals surface area (Å²) in [7, 11) is -2.34. The van der Waals surface area contributed by atoms with Gasteiger partial charge in [-0.25, -0.2) is 13.4 Å². The highest BCUT2D eigenvalue weighted by Crippen LogP contribution is 2.36. The lowest BCUT2D eigenvalue weighted by Crippen LogP contribution is -2.16. The molecule has 1 aromatic heterocycles. The van der Waals surface area contributed by atoms with E-state index in [2.05, 4.69) is 15.0 Å². The second-order valence-electron chi connectivity index (χ2n) is 7.70. The van der Waals surface area contributed by atoms with E-state index in [9.17, 15) is 13.2 Å². The van der Waals surface area contributed by atoms with Crippen LogP contribution in [0.2, 0.25) is 0 Å². The zero-order valence-electron chi connectivity index (χ0n) is 18.6. The summed E-state index contributed by atoms with van der Waals surface area (Å²) in [6, 6.07) is 15.8. The van der Waals surface area contributed by atoms with Crippen LogP contribution in [0.3, 0.4) is 0 Å². The zero-order chi connectivity index (χ0) is 23.8. The number of carbonyl (C=O) groups is 1. The van der Waals surface area contributed by atoms with Crippen molar-refractivity contribution in [1.29, 1.82) is 0 Å². The van der Waals surface area contributed by atoms with Gasteiger partial charge in [0, 0.05) is 11.6 Å². The molecule has 4 rings (SSSR count). The molecule has 170 valence electrons. The van der Waals surface area contributed by atoms with E-state index in [4.69, 9.17) is 4.74 Å². The number of nitrogens with zero attached hydrogens (tertiary/aromatic N) is 1. The number of carbonyl (C=O) groups excluding carboxylic acids is 1. The summed E-state index contributed by atoms with van der Waals surface area (Å²) in [6.45, 7) is 5.49. The fourth-order valence-corrected chi connectivity index (χ4v) is 6.24. The fraction of sp³-hybridized carbons (Fsp3) is 0.167. The van der Waals surface area contributed by atoms with Gasteiger partial charge in [-0.2, -0.15) is 0 Å². The molecule has 4 aromatic rings. The maximum absolute atomic E-state index is 13.2. The number of fused-ring (bicyclic) bond motifs is 1. The van der Waals surface area contributed by atoms with Crippen LogP contribution in [0.4, 0.5) is 10.8 Å². The van der Waals surface area contributed by atoms with Gasteiger partial charge in [-0.15, -0.1) is 0 Å². The predicted octanol–water partition coefficient (Wildman–Crippen LogP) is 5.28. The summed E-state index contributed by atoms with van der Waals surface area (Å²) < 4.78 is 35.1. The lowest BCUT2D eigenvalue weighted by Gasteiger charge is -2.14. The van der Waals surface area contributed by atoms with Gasteiger partial charge in [0.05, 0.1) is 22.4 Å². The number of thiazole rings is 1. The first-order valence-electron chi connectivity index (χ1n) is 10.1. The van der Waals surface area contributed by atoms with Crippen molar-refractivity contribution in [3.05, 3.63) is 76.9 Å². The van der Waals surface area contributed by atoms with Gasteiger partial charge in [0.2, 0.25) is 0 Å². The number of rotatable bonds is 6. The van der Waals surface area contributed by atoms with Crippen LogP contribution in [0.5, 0.6) is 5.75 Å². The number of nitrogens with one attached hydrogen (secondary N) is 2. The second kappa shape index (κ2) is 8.84. The molecule has 9 heteroatoms. The third-order valence-electron chi connectivity index (χ3n) is 5.06. The molecule has 0 radical (unpaired) electrons. The first kappa shape index (κ1) is 22.8. The van der Waals surface area contributed by atoms with Crippen LogP contribution in [-0.4, -0.2) is 26.4 Å². The van der Waals surface area contributed by atoms with Crippen LogP contribution in [-0.2, 0) is 10.0 Å². The van der Waals surface area contributed by atoms with E-state index in [0.717, 1.165) is 5.56 Å². The van der Waals surface area contributed by atoms with Crippen LogP contribution in [0.15, 0.2) is 59.5 Å². The summed E-state index contributed by atoms with van der Waals surface area (Å²) >= 11 is 1.24. The number of ether oxygens (including phenoxy) is 1. The fourth-order valence-electron chi connectivity index (χ4n) is 3.82. The molecule has 0 spiro atoms. The zero-order valence-corrected chi connectivity index (χ0v) is 20.2. The van der Waals surface area contributed by atoms with Crippen molar-refractivity contribution in [2.75, 3.05) is 17.1 Å². The van der Waals surface area contributed by atoms with E-state index in [-0.39, 0.29) is 10.8 Å². The Bertz CT molecular complexity index is 1440. The number of aromatic nitrogens is 1. The van der Waals surface area contributed by atoms with E-state index in [1.807, 2.05) is 25.1 Å². The van der Waals surface area contributed by atoms with Gasteiger partial charge in [-0.05, 0) is 50.1 Å². The number of methoxy groups -OCH3 is 1. The normalized spacial score (nSPS) is 11.4. The Morgan fingerprint density at radius 2 is 1.67 bits per heavy atom. The number of hydrogen-bond donors (Lipinski definition) is 2. The van der Waals surface area contributed by atoms with Gasteiger partial charge in [-0.1, -0.05) is 47.2 Å². The number of sulfonamides is 1. The minimum atomic E-state index is -3.82. The Morgan fingerprint density at radius 1 is 1.00 bits per heavy atom. The molecule has 0 unspecified atom stereocenters. The Hall–Kier alpha value is -3.43. The number of anilines is 2. The largest absolute Gasteiger partial charge is 0.494 e. The molecule has 0 atom stereocenters. The van der Waals surface area contributed by atoms with Gasteiger partial charge in [0.15, 0.2) is 5.13 Å². The van der Waals surface area contributed by atoms with Crippen molar-refractivity contribution < 1.29 is 17.9 Å². The van der Waals surface area contributed by atoms with E-state index in [0.29, 0.717) is 43.5 Å². The highest BCUT2D eigenvalue weighted by atomic mass is 32.2. The Balaban J connectivity index is 1.68. The topological polar surface area (TPSA) is 97.4 Å². The second-order valence-corrected chi connectivity index (χ2v) is 10.3. The molecule has 0 saturated carbocycles. The van der Waals surface area contributed by atoms with Gasteiger partial charge in [0.25, 0.3) is 15.9 Å². The van der Waals surface area contributed by atoms with Crippen LogP contribution in [0.1, 0.15) is 27.0 Å². The lowest BCUT2D eigenvalue weighted by atomic mass is 10.1. The van der Waals surface area contributed by atoms with Gasteiger partial charge >= 0.3 is 0 Å². The predicted molar refractivity (Wildman–Crippen MR) is 132 cm³/mol. The molecule has 0 saturated heterocycles. The summed E-state index contributed by atoms with van der Waals surface area (Å²) in [5, 5.41) is 3.18. The maximum Gasteiger partial charge on any atom is 0.262 e. The lowest BCUT2D eigenvalue weighted by molar-refractivity contribution is 0.102. The van der Waals surface area contributed by atoms with Crippen molar-refractivity contribution in [2.24, 2.45) is 0 Å². The van der Waals surface area contributed by atoms with E-state index < -0.39 is 10.0 Å². The monoisotopic (exact) mass is 481 g/mol. The standard InChI is InChI=1S/C24H23N3O4S2/c1-14-10-15(2)22(16(3)11-14)33(29,30)27-18-12-19(31-4)21-20(13-18)32-24(25-21)26-23(28)17-8-6-5-7-9-17/h5-13,27H,1-4H3,(H,25,26,28). The van der Waals surface area contributed by atoms with E-state index >= 15 is 0 Å². The molecule has 7 nitrogen and oxygen atoms in total. The quantitative estimate of drug-likeness (QED) is 0.390. The van der Waals surface area contributed by atoms with E-state index in [1.54, 1.807) is 50.2 Å². The summed E-state index contributed by atoms with van der Waals surface area (Å²) in [5.74, 6) is 0.124. The number of hydrogen-bond acceptors (Lipinski definition) is 6. The minimum Gasteiger partial charge on any atom is -0.494 e. The van der Waals surface area contributed by atoms with Crippen LogP contribution < -0.4 is 14.8 Å². The Labute approximate surface area is 196 Å². The Kier molecular flexibility index (Phi) is 6.09. The smallest absolute Gasteiger partial charge is 0.262 e. The Morgan fingerprint density at radius 3 is 2.30 bits per heavy atom. The van der Waals surface area contributed by atoms with Gasteiger partial charge < -0.3 is 4.74 Å². The van der Waals surface area contributed by atoms with E-state index in [1.165, 1.54) is 18.4 Å². The average Bonchev–Trinajstić information content (AvgIpc) is 3.14. The molecular weight excluding hydrogens is 458 g/mol. The van der Waals surface area contributed by atoms with Crippen LogP contribution in [0.25, 0.3) is 10.2 Å². The van der Waals surface area contributed by atoms with Gasteiger partial charge in [-0.3, -0.25) is 14.8 Å². The molecular formula is C24H23N3O4S2. The molecule has 0 aliphatic rings. The maximum atomic E-state index is 13.2. The number of benzene rings is 3. The summed E-state index contributed by atoms with van der Waals surface area (Å²) in [6.07, 6.45) is 0. The molecule has 3 aromatic carbocycles.